The fraction of sp³-hybridized carbons (Fsp3) is 0.591. The van der Waals surface area contributed by atoms with Crippen molar-refractivity contribution >= 4 is 17.8 Å². The number of guanidine groups is 1. The second-order valence-electron chi connectivity index (χ2n) is 7.70. The second kappa shape index (κ2) is 12.3. The molecule has 0 unspecified atom stereocenters. The summed E-state index contributed by atoms with van der Waals surface area (Å²) in [5.41, 5.74) is 1.62. The third-order valence-corrected chi connectivity index (χ3v) is 5.34. The van der Waals surface area contributed by atoms with Crippen LogP contribution in [0.5, 0.6) is 0 Å². The lowest BCUT2D eigenvalue weighted by molar-refractivity contribution is -0.123. The monoisotopic (exact) mass is 430 g/mol. The summed E-state index contributed by atoms with van der Waals surface area (Å²) < 4.78 is 5.38. The van der Waals surface area contributed by atoms with Crippen molar-refractivity contribution in [3.63, 3.8) is 0 Å². The quantitative estimate of drug-likeness (QED) is 0.306. The number of aliphatic imine (C=N–C) groups is 1. The summed E-state index contributed by atoms with van der Waals surface area (Å²) in [4.78, 5) is 32.7. The van der Waals surface area contributed by atoms with Crippen LogP contribution in [-0.2, 0) is 16.1 Å². The molecule has 2 saturated heterocycles. The predicted octanol–water partition coefficient (Wildman–Crippen LogP) is 0.0360. The highest BCUT2D eigenvalue weighted by atomic mass is 16.5. The van der Waals surface area contributed by atoms with E-state index in [-0.39, 0.29) is 18.4 Å². The Kier molecular flexibility index (Phi) is 9.11. The van der Waals surface area contributed by atoms with Crippen molar-refractivity contribution in [3.05, 3.63) is 35.4 Å². The molecule has 0 spiro atoms. The minimum Gasteiger partial charge on any atom is -0.379 e. The molecule has 3 rings (SSSR count). The highest BCUT2D eigenvalue weighted by Crippen LogP contribution is 2.10. The molecule has 0 atom stereocenters. The van der Waals surface area contributed by atoms with E-state index in [0.29, 0.717) is 25.2 Å². The van der Waals surface area contributed by atoms with Crippen LogP contribution in [-0.4, -0.2) is 93.1 Å². The number of ether oxygens (including phenoxy) is 1. The summed E-state index contributed by atoms with van der Waals surface area (Å²) in [6.07, 6.45) is 1.05. The fourth-order valence-electron chi connectivity index (χ4n) is 3.59. The average Bonchev–Trinajstić information content (AvgIpc) is 2.81. The van der Waals surface area contributed by atoms with E-state index < -0.39 is 0 Å². The summed E-state index contributed by atoms with van der Waals surface area (Å²) in [5.74, 6) is 0.572. The maximum Gasteiger partial charge on any atom is 0.254 e. The zero-order valence-corrected chi connectivity index (χ0v) is 18.4. The van der Waals surface area contributed by atoms with Crippen LogP contribution in [0.4, 0.5) is 0 Å². The van der Waals surface area contributed by atoms with E-state index in [1.54, 1.807) is 4.90 Å². The van der Waals surface area contributed by atoms with Crippen LogP contribution >= 0.6 is 0 Å². The summed E-state index contributed by atoms with van der Waals surface area (Å²) >= 11 is 0. The molecule has 9 heteroatoms. The van der Waals surface area contributed by atoms with E-state index in [0.717, 1.165) is 63.9 Å². The molecular weight excluding hydrogens is 396 g/mol. The van der Waals surface area contributed by atoms with Gasteiger partial charge in [-0.2, -0.15) is 0 Å². The zero-order valence-electron chi connectivity index (χ0n) is 18.4. The summed E-state index contributed by atoms with van der Waals surface area (Å²) in [5, 5.41) is 9.40. The van der Waals surface area contributed by atoms with E-state index in [4.69, 9.17) is 4.74 Å². The van der Waals surface area contributed by atoms with Crippen molar-refractivity contribution in [3.8, 4) is 0 Å². The van der Waals surface area contributed by atoms with Crippen LogP contribution in [0.3, 0.4) is 0 Å². The standard InChI is InChI=1S/C22H34N6O3/c1-2-23-22(25-8-3-10-27-12-14-31-15-13-27)26-16-18-4-6-19(7-5-18)21(30)28-11-9-24-20(29)17-28/h4-7H,2-3,8-17H2,1H3,(H,24,29)(H2,23,25,26). The first-order valence-corrected chi connectivity index (χ1v) is 11.1. The minimum absolute atomic E-state index is 0.111. The number of carbonyl (C=O) groups is 2. The van der Waals surface area contributed by atoms with Gasteiger partial charge < -0.3 is 25.6 Å². The number of piperazine rings is 1. The molecule has 1 aromatic carbocycles. The molecule has 31 heavy (non-hydrogen) atoms. The smallest absolute Gasteiger partial charge is 0.254 e. The van der Waals surface area contributed by atoms with Gasteiger partial charge in [0, 0.05) is 44.8 Å². The molecule has 0 saturated carbocycles. The molecule has 2 fully saturated rings. The number of nitrogens with zero attached hydrogens (tertiary/aromatic N) is 3. The molecular formula is C22H34N6O3. The predicted molar refractivity (Wildman–Crippen MR) is 120 cm³/mol. The van der Waals surface area contributed by atoms with E-state index in [1.807, 2.05) is 31.2 Å². The van der Waals surface area contributed by atoms with Crippen molar-refractivity contribution in [2.75, 3.05) is 65.6 Å². The third kappa shape index (κ3) is 7.52. The third-order valence-electron chi connectivity index (χ3n) is 5.34. The Morgan fingerprint density at radius 2 is 1.94 bits per heavy atom. The van der Waals surface area contributed by atoms with Crippen molar-refractivity contribution in [2.24, 2.45) is 4.99 Å². The van der Waals surface area contributed by atoms with Gasteiger partial charge in [-0.1, -0.05) is 12.1 Å². The van der Waals surface area contributed by atoms with Gasteiger partial charge in [-0.3, -0.25) is 14.5 Å². The fourth-order valence-corrected chi connectivity index (χ4v) is 3.59. The lowest BCUT2D eigenvalue weighted by Gasteiger charge is -2.26. The maximum absolute atomic E-state index is 12.6. The zero-order chi connectivity index (χ0) is 21.9. The van der Waals surface area contributed by atoms with Crippen LogP contribution in [0, 0.1) is 0 Å². The van der Waals surface area contributed by atoms with Gasteiger partial charge in [0.05, 0.1) is 26.3 Å². The first kappa shape index (κ1) is 23.0. The Labute approximate surface area is 184 Å². The van der Waals surface area contributed by atoms with Gasteiger partial charge in [0.1, 0.15) is 0 Å². The molecule has 170 valence electrons. The number of hydrogen-bond donors (Lipinski definition) is 3. The molecule has 0 bridgehead atoms. The largest absolute Gasteiger partial charge is 0.379 e. The van der Waals surface area contributed by atoms with Gasteiger partial charge in [0.15, 0.2) is 5.96 Å². The molecule has 2 heterocycles. The molecule has 1 aromatic rings. The van der Waals surface area contributed by atoms with Gasteiger partial charge in [-0.25, -0.2) is 4.99 Å². The van der Waals surface area contributed by atoms with Crippen LogP contribution < -0.4 is 16.0 Å². The molecule has 2 amide bonds. The SMILES string of the molecule is CCNC(=NCc1ccc(C(=O)N2CCNC(=O)C2)cc1)NCCCN1CCOCC1. The van der Waals surface area contributed by atoms with Gasteiger partial charge in [0.25, 0.3) is 5.91 Å². The number of rotatable bonds is 8. The summed E-state index contributed by atoms with van der Waals surface area (Å²) in [6.45, 7) is 10.1. The van der Waals surface area contributed by atoms with Crippen LogP contribution in [0.15, 0.2) is 29.3 Å². The van der Waals surface area contributed by atoms with Crippen LogP contribution in [0.2, 0.25) is 0 Å². The Morgan fingerprint density at radius 1 is 1.16 bits per heavy atom. The van der Waals surface area contributed by atoms with Gasteiger partial charge in [0.2, 0.25) is 5.91 Å². The summed E-state index contributed by atoms with van der Waals surface area (Å²) in [6, 6.07) is 7.45. The number of carbonyl (C=O) groups excluding carboxylic acids is 2. The lowest BCUT2D eigenvalue weighted by atomic mass is 10.1. The van der Waals surface area contributed by atoms with E-state index >= 15 is 0 Å². The number of benzene rings is 1. The molecule has 2 aliphatic rings. The number of morpholine rings is 1. The van der Waals surface area contributed by atoms with Crippen molar-refractivity contribution in [1.29, 1.82) is 0 Å². The topological polar surface area (TPSA) is 98.3 Å². The minimum atomic E-state index is -0.112. The maximum atomic E-state index is 12.6. The van der Waals surface area contributed by atoms with E-state index in [2.05, 4.69) is 25.8 Å². The molecule has 2 aliphatic heterocycles. The molecule has 0 aromatic heterocycles. The molecule has 0 aliphatic carbocycles. The van der Waals surface area contributed by atoms with Crippen LogP contribution in [0.25, 0.3) is 0 Å². The van der Waals surface area contributed by atoms with Gasteiger partial charge >= 0.3 is 0 Å². The second-order valence-corrected chi connectivity index (χ2v) is 7.70. The Hall–Kier alpha value is -2.65. The van der Waals surface area contributed by atoms with Crippen molar-refractivity contribution in [2.45, 2.75) is 19.9 Å². The number of amides is 2. The van der Waals surface area contributed by atoms with Crippen LogP contribution in [0.1, 0.15) is 29.3 Å². The average molecular weight is 431 g/mol. The first-order valence-electron chi connectivity index (χ1n) is 11.1. The Bertz CT molecular complexity index is 746. The lowest BCUT2D eigenvalue weighted by Crippen LogP contribution is -2.49. The van der Waals surface area contributed by atoms with Gasteiger partial charge in [-0.05, 0) is 37.6 Å². The molecule has 0 radical (unpaired) electrons. The Morgan fingerprint density at radius 3 is 2.65 bits per heavy atom. The molecule has 3 N–H and O–H groups in total. The summed E-state index contributed by atoms with van der Waals surface area (Å²) in [7, 11) is 0. The van der Waals surface area contributed by atoms with E-state index in [9.17, 15) is 9.59 Å². The van der Waals surface area contributed by atoms with Crippen molar-refractivity contribution in [1.82, 2.24) is 25.8 Å². The number of hydrogen-bond acceptors (Lipinski definition) is 5. The van der Waals surface area contributed by atoms with Crippen molar-refractivity contribution < 1.29 is 14.3 Å². The molecule has 9 nitrogen and oxygen atoms in total. The van der Waals surface area contributed by atoms with E-state index in [1.165, 1.54) is 0 Å². The van der Waals surface area contributed by atoms with Gasteiger partial charge in [-0.15, -0.1) is 0 Å². The first-order chi connectivity index (χ1) is 15.2. The highest BCUT2D eigenvalue weighted by Gasteiger charge is 2.22. The Balaban J connectivity index is 1.46. The highest BCUT2D eigenvalue weighted by molar-refractivity contribution is 5.97. The number of nitrogens with one attached hydrogen (secondary N) is 3. The normalized spacial score (nSPS) is 17.9.